The zero-order chi connectivity index (χ0) is 19.6. The lowest BCUT2D eigenvalue weighted by Gasteiger charge is -2.28. The molecule has 1 aromatic carbocycles. The van der Waals surface area contributed by atoms with E-state index < -0.39 is 50.3 Å². The summed E-state index contributed by atoms with van der Waals surface area (Å²) in [5.74, 6) is -3.51. The van der Waals surface area contributed by atoms with Crippen molar-refractivity contribution in [2.45, 2.75) is 11.4 Å². The second kappa shape index (κ2) is 6.84. The lowest BCUT2D eigenvalue weighted by molar-refractivity contribution is -0.274. The fraction of sp³-hybridized carbons (Fsp3) is 0.333. The van der Waals surface area contributed by atoms with Crippen LogP contribution < -0.4 is 4.74 Å². The molecule has 8 nitrogen and oxygen atoms in total. The minimum atomic E-state index is -6.78. The first-order valence-electron chi connectivity index (χ1n) is 5.98. The molecule has 0 amide bonds. The van der Waals surface area contributed by atoms with Gasteiger partial charge in [-0.2, -0.15) is 17.6 Å². The van der Waals surface area contributed by atoms with E-state index in [1.165, 1.54) is 0 Å². The third-order valence-corrected chi connectivity index (χ3v) is 3.51. The Morgan fingerprint density at radius 1 is 0.960 bits per heavy atom. The summed E-state index contributed by atoms with van der Waals surface area (Å²) in [5, 5.41) is -6.12. The van der Waals surface area contributed by atoms with Crippen LogP contribution in [-0.4, -0.2) is 50.5 Å². The summed E-state index contributed by atoms with van der Waals surface area (Å²) in [4.78, 5) is 22.9. The molecule has 0 aromatic heterocycles. The van der Waals surface area contributed by atoms with Crippen LogP contribution in [-0.2, 0) is 19.6 Å². The first kappa shape index (κ1) is 20.6. The number of carbonyl (C=O) groups is 2. The van der Waals surface area contributed by atoms with Gasteiger partial charge in [-0.25, -0.2) is 18.0 Å². The number of halogens is 4. The van der Waals surface area contributed by atoms with Gasteiger partial charge in [-0.1, -0.05) is 0 Å². The number of hydrogen-bond acceptors (Lipinski definition) is 8. The van der Waals surface area contributed by atoms with Gasteiger partial charge in [0.1, 0.15) is 5.75 Å². The zero-order valence-corrected chi connectivity index (χ0v) is 13.2. The summed E-state index contributed by atoms with van der Waals surface area (Å²) in [5.41, 5.74) is -1.13. The Hall–Kier alpha value is -2.41. The molecule has 0 radical (unpaired) electrons. The van der Waals surface area contributed by atoms with Crippen molar-refractivity contribution in [3.8, 4) is 5.75 Å². The van der Waals surface area contributed by atoms with Crippen LogP contribution in [0.4, 0.5) is 17.6 Å². The number of alkyl halides is 4. The number of hydrogen-bond donors (Lipinski definition) is 0. The highest BCUT2D eigenvalue weighted by Gasteiger charge is 2.65. The van der Waals surface area contributed by atoms with Gasteiger partial charge in [0.25, 0.3) is 0 Å². The molecule has 25 heavy (non-hydrogen) atoms. The molecule has 1 rings (SSSR count). The van der Waals surface area contributed by atoms with Gasteiger partial charge >= 0.3 is 23.3 Å². The van der Waals surface area contributed by atoms with Crippen LogP contribution in [0.25, 0.3) is 0 Å². The lowest BCUT2D eigenvalue weighted by atomic mass is 10.1. The Morgan fingerprint density at radius 3 is 1.68 bits per heavy atom. The Kier molecular flexibility index (Phi) is 5.64. The highest BCUT2D eigenvalue weighted by atomic mass is 32.2. The molecule has 140 valence electrons. The SMILES string of the molecule is COC(=O)c1cc(OC(F)(F)C(F)(F)S(=O)(=O)[O-])cc(C(=O)OC)c1. The van der Waals surface area contributed by atoms with Crippen molar-refractivity contribution >= 4 is 22.1 Å². The molecule has 0 atom stereocenters. The van der Waals surface area contributed by atoms with Gasteiger partial charge in [0.15, 0.2) is 10.1 Å². The maximum atomic E-state index is 13.4. The van der Waals surface area contributed by atoms with Gasteiger partial charge < -0.3 is 18.8 Å². The fourth-order valence-electron chi connectivity index (χ4n) is 1.48. The second-order valence-electron chi connectivity index (χ2n) is 4.32. The number of esters is 2. The zero-order valence-electron chi connectivity index (χ0n) is 12.4. The summed E-state index contributed by atoms with van der Waals surface area (Å²) in [6.45, 7) is 0. The highest BCUT2D eigenvalue weighted by molar-refractivity contribution is 7.86. The van der Waals surface area contributed by atoms with Crippen molar-refractivity contribution in [1.82, 2.24) is 0 Å². The Bertz CT molecular complexity index is 756. The van der Waals surface area contributed by atoms with Crippen molar-refractivity contribution in [3.63, 3.8) is 0 Å². The summed E-state index contributed by atoms with van der Waals surface area (Å²) < 4.78 is 96.1. The van der Waals surface area contributed by atoms with E-state index in [4.69, 9.17) is 0 Å². The molecule has 0 aliphatic heterocycles. The van der Waals surface area contributed by atoms with Crippen molar-refractivity contribution in [2.75, 3.05) is 14.2 Å². The number of rotatable bonds is 6. The van der Waals surface area contributed by atoms with E-state index in [1.807, 2.05) is 0 Å². The molecular weight excluding hydrogens is 380 g/mol. The third kappa shape index (κ3) is 4.17. The third-order valence-electron chi connectivity index (χ3n) is 2.65. The summed E-state index contributed by atoms with van der Waals surface area (Å²) in [6.07, 6.45) is -5.80. The van der Waals surface area contributed by atoms with E-state index in [0.29, 0.717) is 12.1 Å². The van der Waals surface area contributed by atoms with Gasteiger partial charge in [-0.15, -0.1) is 0 Å². The summed E-state index contributed by atoms with van der Waals surface area (Å²) >= 11 is 0. The molecule has 0 aliphatic carbocycles. The molecule has 0 saturated heterocycles. The average Bonchev–Trinajstić information content (AvgIpc) is 2.51. The first-order valence-corrected chi connectivity index (χ1v) is 7.39. The molecule has 13 heteroatoms. The fourth-order valence-corrected chi connectivity index (χ4v) is 1.82. The normalized spacial score (nSPS) is 12.4. The van der Waals surface area contributed by atoms with Crippen LogP contribution in [0, 0.1) is 0 Å². The molecule has 0 fully saturated rings. The van der Waals surface area contributed by atoms with E-state index in [-0.39, 0.29) is 0 Å². The monoisotopic (exact) mass is 389 g/mol. The van der Waals surface area contributed by atoms with E-state index in [2.05, 4.69) is 14.2 Å². The van der Waals surface area contributed by atoms with Gasteiger partial charge in [-0.3, -0.25) is 0 Å². The van der Waals surface area contributed by atoms with Crippen LogP contribution in [0.3, 0.4) is 0 Å². The van der Waals surface area contributed by atoms with Crippen molar-refractivity contribution in [2.24, 2.45) is 0 Å². The Morgan fingerprint density at radius 2 is 1.36 bits per heavy atom. The summed E-state index contributed by atoms with van der Waals surface area (Å²) in [6, 6.07) is 1.77. The largest absolute Gasteiger partial charge is 0.743 e. The van der Waals surface area contributed by atoms with Gasteiger partial charge in [0.2, 0.25) is 0 Å². The maximum Gasteiger partial charge on any atom is 0.479 e. The minimum absolute atomic E-state index is 0.472. The molecule has 0 N–H and O–H groups in total. The number of methoxy groups -OCH3 is 2. The Balaban J connectivity index is 3.42. The molecule has 0 bridgehead atoms. The number of carbonyl (C=O) groups excluding carboxylic acids is 2. The molecular formula is C12H9F4O8S-. The smallest absolute Gasteiger partial charge is 0.479 e. The van der Waals surface area contributed by atoms with Crippen molar-refractivity contribution in [1.29, 1.82) is 0 Å². The van der Waals surface area contributed by atoms with E-state index >= 15 is 0 Å². The topological polar surface area (TPSA) is 119 Å². The predicted octanol–water partition coefficient (Wildman–Crippen LogP) is 1.37. The quantitative estimate of drug-likeness (QED) is 0.407. The van der Waals surface area contributed by atoms with E-state index in [0.717, 1.165) is 20.3 Å². The molecule has 0 unspecified atom stereocenters. The predicted molar refractivity (Wildman–Crippen MR) is 69.3 cm³/mol. The van der Waals surface area contributed by atoms with E-state index in [1.54, 1.807) is 0 Å². The average molecular weight is 389 g/mol. The van der Waals surface area contributed by atoms with Gasteiger partial charge in [0, 0.05) is 0 Å². The lowest BCUT2D eigenvalue weighted by Crippen LogP contribution is -2.50. The molecule has 0 saturated carbocycles. The Labute approximate surface area is 138 Å². The number of ether oxygens (including phenoxy) is 3. The van der Waals surface area contributed by atoms with Gasteiger partial charge in [0.05, 0.1) is 25.3 Å². The molecule has 1 aromatic rings. The molecule has 0 aliphatic rings. The molecule has 0 spiro atoms. The number of benzene rings is 1. The van der Waals surface area contributed by atoms with Gasteiger partial charge in [-0.05, 0) is 18.2 Å². The van der Waals surface area contributed by atoms with Crippen molar-refractivity contribution < 1.29 is 54.3 Å². The highest BCUT2D eigenvalue weighted by Crippen LogP contribution is 2.40. The minimum Gasteiger partial charge on any atom is -0.743 e. The van der Waals surface area contributed by atoms with Crippen LogP contribution in [0.1, 0.15) is 20.7 Å². The standard InChI is InChI=1S/C12H10F4O8S/c1-22-9(17)6-3-7(10(18)23-2)5-8(4-6)24-11(13,14)12(15,16)25(19,20)21/h3-5H,1-2H3,(H,19,20,21)/p-1. The second-order valence-corrected chi connectivity index (χ2v) is 5.74. The van der Waals surface area contributed by atoms with E-state index in [9.17, 15) is 40.1 Å². The molecule has 0 heterocycles. The van der Waals surface area contributed by atoms with Crippen LogP contribution in [0.5, 0.6) is 5.75 Å². The van der Waals surface area contributed by atoms with Crippen LogP contribution in [0.2, 0.25) is 0 Å². The first-order chi connectivity index (χ1) is 11.3. The van der Waals surface area contributed by atoms with Crippen LogP contribution in [0.15, 0.2) is 18.2 Å². The maximum absolute atomic E-state index is 13.4. The van der Waals surface area contributed by atoms with Crippen LogP contribution >= 0.6 is 0 Å². The van der Waals surface area contributed by atoms with Crippen molar-refractivity contribution in [3.05, 3.63) is 29.3 Å². The summed E-state index contributed by atoms with van der Waals surface area (Å²) in [7, 11) is -4.98.